The van der Waals surface area contributed by atoms with E-state index in [1.54, 1.807) is 4.57 Å². The fourth-order valence-electron chi connectivity index (χ4n) is 3.31. The number of nitrogens with zero attached hydrogens (tertiary/aromatic N) is 1. The van der Waals surface area contributed by atoms with Crippen molar-refractivity contribution < 1.29 is 4.74 Å². The van der Waals surface area contributed by atoms with Gasteiger partial charge in [0.2, 0.25) is 0 Å². The third kappa shape index (κ3) is 3.63. The molecule has 0 saturated heterocycles. The molecule has 26 heavy (non-hydrogen) atoms. The Balaban J connectivity index is 2.18. The van der Waals surface area contributed by atoms with E-state index < -0.39 is 5.69 Å². The summed E-state index contributed by atoms with van der Waals surface area (Å²) in [5, 5.41) is 2.28. The largest absolute Gasteiger partial charge is 0.361 e. The predicted molar refractivity (Wildman–Crippen MR) is 104 cm³/mol. The lowest BCUT2D eigenvalue weighted by molar-refractivity contribution is 0.0822. The Bertz CT molecular complexity index is 1010. The maximum Gasteiger partial charge on any atom is 0.330 e. The van der Waals surface area contributed by atoms with Crippen LogP contribution >= 0.6 is 0 Å². The van der Waals surface area contributed by atoms with Crippen molar-refractivity contribution in [3.8, 4) is 0 Å². The van der Waals surface area contributed by atoms with Gasteiger partial charge in [-0.15, -0.1) is 0 Å². The van der Waals surface area contributed by atoms with E-state index in [4.69, 9.17) is 4.74 Å². The van der Waals surface area contributed by atoms with Crippen LogP contribution in [0.25, 0.3) is 10.8 Å². The second-order valence-corrected chi connectivity index (χ2v) is 6.30. The predicted octanol–water partition coefficient (Wildman–Crippen LogP) is 3.23. The molecular weight excluding hydrogens is 328 g/mol. The summed E-state index contributed by atoms with van der Waals surface area (Å²) in [5.74, 6) is 0. The van der Waals surface area contributed by atoms with E-state index in [0.29, 0.717) is 25.0 Å². The molecule has 1 aromatic heterocycles. The van der Waals surface area contributed by atoms with Crippen LogP contribution in [-0.2, 0) is 24.3 Å². The topological polar surface area (TPSA) is 64.1 Å². The van der Waals surface area contributed by atoms with Crippen LogP contribution in [0.4, 0.5) is 0 Å². The molecule has 136 valence electrons. The molecule has 0 radical (unpaired) electrons. The first-order valence-electron chi connectivity index (χ1n) is 9.05. The quantitative estimate of drug-likeness (QED) is 0.710. The molecular formula is C21H24N2O3. The van der Waals surface area contributed by atoms with Crippen molar-refractivity contribution >= 4 is 10.8 Å². The molecule has 3 aromatic rings. The molecule has 0 unspecified atom stereocenters. The minimum Gasteiger partial charge on any atom is -0.361 e. The van der Waals surface area contributed by atoms with Gasteiger partial charge in [0.25, 0.3) is 5.56 Å². The van der Waals surface area contributed by atoms with Crippen LogP contribution in [0.2, 0.25) is 0 Å². The van der Waals surface area contributed by atoms with Crippen molar-refractivity contribution in [2.75, 3.05) is 6.61 Å². The zero-order chi connectivity index (χ0) is 18.5. The average Bonchev–Trinajstić information content (AvgIpc) is 2.64. The Kier molecular flexibility index (Phi) is 5.68. The zero-order valence-corrected chi connectivity index (χ0v) is 15.2. The first-order valence-corrected chi connectivity index (χ1v) is 9.05. The van der Waals surface area contributed by atoms with Crippen LogP contribution in [0.3, 0.4) is 0 Å². The van der Waals surface area contributed by atoms with E-state index in [9.17, 15) is 9.59 Å². The first kappa shape index (κ1) is 18.1. The Labute approximate surface area is 152 Å². The molecule has 1 N–H and O–H groups in total. The smallest absolute Gasteiger partial charge is 0.330 e. The van der Waals surface area contributed by atoms with Gasteiger partial charge in [0, 0.05) is 24.3 Å². The van der Waals surface area contributed by atoms with Crippen molar-refractivity contribution in [3.63, 3.8) is 0 Å². The highest BCUT2D eigenvalue weighted by molar-refractivity contribution is 5.85. The number of fused-ring (bicyclic) bond motifs is 1. The summed E-state index contributed by atoms with van der Waals surface area (Å²) in [7, 11) is 0. The maximum atomic E-state index is 12.4. The maximum absolute atomic E-state index is 12.4. The molecule has 2 aromatic carbocycles. The molecule has 0 fully saturated rings. The molecule has 0 aliphatic heterocycles. The van der Waals surface area contributed by atoms with Gasteiger partial charge in [-0.2, -0.15) is 0 Å². The second kappa shape index (κ2) is 8.15. The molecule has 5 nitrogen and oxygen atoms in total. The van der Waals surface area contributed by atoms with Crippen LogP contribution in [0, 0.1) is 0 Å². The number of ether oxygens (including phenoxy) is 1. The van der Waals surface area contributed by atoms with E-state index in [-0.39, 0.29) is 12.3 Å². The van der Waals surface area contributed by atoms with Gasteiger partial charge in [-0.1, -0.05) is 55.8 Å². The van der Waals surface area contributed by atoms with Crippen LogP contribution in [0.15, 0.2) is 52.1 Å². The summed E-state index contributed by atoms with van der Waals surface area (Å²) in [6.07, 6.45) is 1.98. The molecule has 0 bridgehead atoms. The monoisotopic (exact) mass is 352 g/mol. The van der Waals surface area contributed by atoms with E-state index in [1.165, 1.54) is 0 Å². The fraction of sp³-hybridized carbons (Fsp3) is 0.333. The van der Waals surface area contributed by atoms with E-state index in [0.717, 1.165) is 28.5 Å². The molecule has 5 heteroatoms. The highest BCUT2D eigenvalue weighted by Crippen LogP contribution is 2.22. The summed E-state index contributed by atoms with van der Waals surface area (Å²) >= 11 is 0. The zero-order valence-electron chi connectivity index (χ0n) is 15.2. The highest BCUT2D eigenvalue weighted by atomic mass is 16.5. The SMILES string of the molecule is CCCc1c(Cc2cccc3ccccc23)n(COCC)c(=O)[nH]c1=O. The average molecular weight is 352 g/mol. The Hall–Kier alpha value is -2.66. The lowest BCUT2D eigenvalue weighted by atomic mass is 9.98. The van der Waals surface area contributed by atoms with Gasteiger partial charge in [-0.3, -0.25) is 14.3 Å². The summed E-state index contributed by atoms with van der Waals surface area (Å²) in [6, 6.07) is 14.3. The summed E-state index contributed by atoms with van der Waals surface area (Å²) in [6.45, 7) is 4.55. The molecule has 0 spiro atoms. The summed E-state index contributed by atoms with van der Waals surface area (Å²) in [5.41, 5.74) is 1.79. The lowest BCUT2D eigenvalue weighted by Gasteiger charge is -2.17. The Morgan fingerprint density at radius 3 is 2.58 bits per heavy atom. The van der Waals surface area contributed by atoms with E-state index in [2.05, 4.69) is 29.2 Å². The summed E-state index contributed by atoms with van der Waals surface area (Å²) < 4.78 is 7.03. The van der Waals surface area contributed by atoms with Crippen molar-refractivity contribution in [1.29, 1.82) is 0 Å². The molecule has 0 saturated carbocycles. The highest BCUT2D eigenvalue weighted by Gasteiger charge is 2.16. The number of hydrogen-bond donors (Lipinski definition) is 1. The molecule has 3 rings (SSSR count). The molecule has 1 heterocycles. The normalized spacial score (nSPS) is 11.2. The number of benzene rings is 2. The van der Waals surface area contributed by atoms with Gasteiger partial charge in [0.15, 0.2) is 0 Å². The van der Waals surface area contributed by atoms with Crippen molar-refractivity contribution in [2.45, 2.75) is 39.8 Å². The number of rotatable bonds is 7. The van der Waals surface area contributed by atoms with Gasteiger partial charge in [-0.05, 0) is 29.7 Å². The van der Waals surface area contributed by atoms with Crippen LogP contribution < -0.4 is 11.2 Å². The number of H-pyrrole nitrogens is 1. The second-order valence-electron chi connectivity index (χ2n) is 6.30. The van der Waals surface area contributed by atoms with Gasteiger partial charge in [0.05, 0.1) is 0 Å². The number of hydrogen-bond acceptors (Lipinski definition) is 3. The number of aromatic amines is 1. The van der Waals surface area contributed by atoms with Gasteiger partial charge < -0.3 is 4.74 Å². The number of aromatic nitrogens is 2. The fourth-order valence-corrected chi connectivity index (χ4v) is 3.31. The van der Waals surface area contributed by atoms with E-state index in [1.807, 2.05) is 32.0 Å². The molecule has 0 aliphatic rings. The van der Waals surface area contributed by atoms with Gasteiger partial charge in [-0.25, -0.2) is 4.79 Å². The lowest BCUT2D eigenvalue weighted by Crippen LogP contribution is -2.36. The van der Waals surface area contributed by atoms with Crippen LogP contribution in [-0.4, -0.2) is 16.2 Å². The van der Waals surface area contributed by atoms with Crippen molar-refractivity contribution in [1.82, 2.24) is 9.55 Å². The Morgan fingerprint density at radius 2 is 1.81 bits per heavy atom. The summed E-state index contributed by atoms with van der Waals surface area (Å²) in [4.78, 5) is 27.3. The van der Waals surface area contributed by atoms with Gasteiger partial charge >= 0.3 is 5.69 Å². The molecule has 0 aliphatic carbocycles. The third-order valence-electron chi connectivity index (χ3n) is 4.58. The third-order valence-corrected chi connectivity index (χ3v) is 4.58. The van der Waals surface area contributed by atoms with Crippen LogP contribution in [0.5, 0.6) is 0 Å². The minimum atomic E-state index is -0.418. The Morgan fingerprint density at radius 1 is 1.04 bits per heavy atom. The van der Waals surface area contributed by atoms with Crippen LogP contribution in [0.1, 0.15) is 37.1 Å². The standard InChI is InChI=1S/C21H24N2O3/c1-3-8-18-19(23(14-26-4-2)21(25)22-20(18)24)13-16-11-7-10-15-9-5-6-12-17(15)16/h5-7,9-12H,3-4,8,13-14H2,1-2H3,(H,22,24,25). The minimum absolute atomic E-state index is 0.142. The number of nitrogens with one attached hydrogen (secondary N) is 1. The molecule has 0 amide bonds. The van der Waals surface area contributed by atoms with Crippen molar-refractivity contribution in [2.24, 2.45) is 0 Å². The first-order chi connectivity index (χ1) is 12.7. The van der Waals surface area contributed by atoms with E-state index >= 15 is 0 Å². The molecule has 0 atom stereocenters. The van der Waals surface area contributed by atoms with Crippen molar-refractivity contribution in [3.05, 3.63) is 80.1 Å². The van der Waals surface area contributed by atoms with Gasteiger partial charge in [0.1, 0.15) is 6.73 Å².